The first-order valence-electron chi connectivity index (χ1n) is 11.9. The van der Waals surface area contributed by atoms with Gasteiger partial charge in [-0.25, -0.2) is 22.8 Å². The number of aromatic nitrogens is 4. The van der Waals surface area contributed by atoms with E-state index in [0.29, 0.717) is 23.4 Å². The number of benzene rings is 2. The summed E-state index contributed by atoms with van der Waals surface area (Å²) in [7, 11) is -4.03. The van der Waals surface area contributed by atoms with E-state index in [1.165, 1.54) is 24.3 Å². The van der Waals surface area contributed by atoms with Gasteiger partial charge in [-0.1, -0.05) is 12.1 Å². The minimum Gasteiger partial charge on any atom is -0.299 e. The Morgan fingerprint density at radius 1 is 1.08 bits per heavy atom. The fourth-order valence-corrected chi connectivity index (χ4v) is 5.45. The highest BCUT2D eigenvalue weighted by Gasteiger charge is 2.23. The van der Waals surface area contributed by atoms with Crippen molar-refractivity contribution < 1.29 is 17.6 Å². The van der Waals surface area contributed by atoms with Gasteiger partial charge in [0.05, 0.1) is 22.5 Å². The molecule has 0 bridgehead atoms. The van der Waals surface area contributed by atoms with Crippen molar-refractivity contribution in [1.82, 2.24) is 19.7 Å². The number of carbonyl (C=O) groups is 1. The third kappa shape index (κ3) is 5.15. The fraction of sp³-hybridized carbons (Fsp3) is 0.259. The van der Waals surface area contributed by atoms with Crippen molar-refractivity contribution >= 4 is 21.5 Å². The summed E-state index contributed by atoms with van der Waals surface area (Å²) < 4.78 is 44.8. The molecule has 0 saturated carbocycles. The number of anilines is 1. The van der Waals surface area contributed by atoms with Crippen LogP contribution in [0.25, 0.3) is 11.3 Å². The number of hydrogen-bond donors (Lipinski definition) is 1. The Bertz CT molecular complexity index is 1630. The summed E-state index contributed by atoms with van der Waals surface area (Å²) in [4.78, 5) is 20.7. The molecular formula is C27H26FN5O3S. The van der Waals surface area contributed by atoms with Gasteiger partial charge >= 0.3 is 0 Å². The molecule has 0 atom stereocenters. The van der Waals surface area contributed by atoms with Crippen LogP contribution in [-0.2, 0) is 34.1 Å². The summed E-state index contributed by atoms with van der Waals surface area (Å²) in [5.74, 6) is -0.143. The molecule has 4 aromatic rings. The van der Waals surface area contributed by atoms with Crippen molar-refractivity contribution in [1.29, 1.82) is 0 Å². The van der Waals surface area contributed by atoms with Crippen LogP contribution < -0.4 is 4.72 Å². The van der Waals surface area contributed by atoms with E-state index in [1.54, 1.807) is 24.5 Å². The molecule has 0 aliphatic heterocycles. The number of ketones is 1. The van der Waals surface area contributed by atoms with Crippen LogP contribution in [-0.4, -0.2) is 33.9 Å². The van der Waals surface area contributed by atoms with Crippen LogP contribution in [0.15, 0.2) is 59.9 Å². The molecule has 8 nitrogen and oxygen atoms in total. The van der Waals surface area contributed by atoms with Crippen molar-refractivity contribution in [2.75, 3.05) is 4.72 Å². The third-order valence-electron chi connectivity index (χ3n) is 6.33. The Hall–Kier alpha value is -3.92. The molecular weight excluding hydrogens is 493 g/mol. The van der Waals surface area contributed by atoms with Crippen LogP contribution in [0.5, 0.6) is 0 Å². The van der Waals surface area contributed by atoms with E-state index in [0.717, 1.165) is 22.4 Å². The fourth-order valence-electron chi connectivity index (χ4n) is 4.33. The predicted molar refractivity (Wildman–Crippen MR) is 137 cm³/mol. The zero-order valence-corrected chi connectivity index (χ0v) is 21.5. The second-order valence-electron chi connectivity index (χ2n) is 9.54. The zero-order valence-electron chi connectivity index (χ0n) is 20.7. The first-order valence-corrected chi connectivity index (χ1v) is 13.4. The molecule has 37 heavy (non-hydrogen) atoms. The van der Waals surface area contributed by atoms with E-state index in [-0.39, 0.29) is 35.2 Å². The van der Waals surface area contributed by atoms with Gasteiger partial charge in [0.25, 0.3) is 10.0 Å². The average molecular weight is 520 g/mol. The van der Waals surface area contributed by atoms with Gasteiger partial charge in [0, 0.05) is 43.3 Å². The number of aryl methyl sites for hydroxylation is 1. The first kappa shape index (κ1) is 24.8. The maximum absolute atomic E-state index is 14.9. The lowest BCUT2D eigenvalue weighted by molar-refractivity contribution is -0.117. The third-order valence-corrected chi connectivity index (χ3v) is 7.69. The molecule has 0 radical (unpaired) electrons. The zero-order chi connectivity index (χ0) is 26.3. The molecule has 1 aliphatic carbocycles. The van der Waals surface area contributed by atoms with Gasteiger partial charge in [-0.05, 0) is 67.3 Å². The van der Waals surface area contributed by atoms with Crippen molar-refractivity contribution in [2.24, 2.45) is 0 Å². The summed E-state index contributed by atoms with van der Waals surface area (Å²) in [6.45, 7) is 6.01. The largest absolute Gasteiger partial charge is 0.299 e. The molecule has 2 aromatic carbocycles. The lowest BCUT2D eigenvalue weighted by Crippen LogP contribution is -2.14. The number of nitrogens with one attached hydrogen (secondary N) is 1. The SMILES string of the molecule is Cc1cnc(Cc2ccc(NS(=O)(=O)c3ccc4c(c3)CC(=O)C4)c(F)c2)nc1-c1cnn(C(C)C)c1. The normalized spacial score (nSPS) is 13.3. The highest BCUT2D eigenvalue weighted by atomic mass is 32.2. The molecule has 2 heterocycles. The number of Topliss-reactive ketones (excluding diaryl/α,β-unsaturated/α-hetero) is 1. The van der Waals surface area contributed by atoms with E-state index >= 15 is 0 Å². The molecule has 0 fully saturated rings. The molecule has 0 unspecified atom stereocenters. The van der Waals surface area contributed by atoms with Gasteiger partial charge < -0.3 is 0 Å². The Morgan fingerprint density at radius 2 is 1.86 bits per heavy atom. The Morgan fingerprint density at radius 3 is 2.59 bits per heavy atom. The number of sulfonamides is 1. The second-order valence-corrected chi connectivity index (χ2v) is 11.2. The molecule has 5 rings (SSSR count). The van der Waals surface area contributed by atoms with Crippen molar-refractivity contribution in [3.8, 4) is 11.3 Å². The number of nitrogens with zero attached hydrogens (tertiary/aromatic N) is 4. The molecule has 1 aliphatic rings. The monoisotopic (exact) mass is 519 g/mol. The van der Waals surface area contributed by atoms with E-state index < -0.39 is 15.8 Å². The maximum Gasteiger partial charge on any atom is 0.261 e. The Kier molecular flexibility index (Phi) is 6.36. The summed E-state index contributed by atoms with van der Waals surface area (Å²) in [5, 5.41) is 4.38. The number of carbonyl (C=O) groups excluding carboxylic acids is 1. The molecule has 1 N–H and O–H groups in total. The van der Waals surface area contributed by atoms with E-state index in [4.69, 9.17) is 0 Å². The quantitative estimate of drug-likeness (QED) is 0.387. The first-order chi connectivity index (χ1) is 17.6. The highest BCUT2D eigenvalue weighted by molar-refractivity contribution is 7.92. The number of halogens is 1. The number of fused-ring (bicyclic) bond motifs is 1. The smallest absolute Gasteiger partial charge is 0.261 e. The number of hydrogen-bond acceptors (Lipinski definition) is 6. The molecule has 0 saturated heterocycles. The van der Waals surface area contributed by atoms with Crippen LogP contribution in [0.3, 0.4) is 0 Å². The summed E-state index contributed by atoms with van der Waals surface area (Å²) >= 11 is 0. The van der Waals surface area contributed by atoms with Gasteiger partial charge in [-0.2, -0.15) is 5.10 Å². The van der Waals surface area contributed by atoms with Crippen LogP contribution >= 0.6 is 0 Å². The lowest BCUT2D eigenvalue weighted by Gasteiger charge is -2.11. The number of rotatable bonds is 7. The summed E-state index contributed by atoms with van der Waals surface area (Å²) in [6, 6.07) is 9.08. The standard InChI is InChI=1S/C27H26FN5O3S/c1-16(2)33-15-21(14-30-33)27-17(3)13-29-26(31-27)9-18-4-7-25(24(28)8-18)32-37(35,36)23-6-5-19-10-22(34)11-20(19)12-23/h4-8,12-16,32H,9-11H2,1-3H3. The van der Waals surface area contributed by atoms with E-state index in [1.807, 2.05) is 31.6 Å². The van der Waals surface area contributed by atoms with Crippen molar-refractivity contribution in [3.05, 3.63) is 88.9 Å². The maximum atomic E-state index is 14.9. The van der Waals surface area contributed by atoms with Gasteiger partial charge in [0.1, 0.15) is 17.4 Å². The molecule has 2 aromatic heterocycles. The van der Waals surface area contributed by atoms with Gasteiger partial charge in [0.15, 0.2) is 0 Å². The minimum atomic E-state index is -4.03. The summed E-state index contributed by atoms with van der Waals surface area (Å²) in [6.07, 6.45) is 6.22. The second kappa shape index (κ2) is 9.51. The molecule has 190 valence electrons. The Labute approximate surface area is 214 Å². The highest BCUT2D eigenvalue weighted by Crippen LogP contribution is 2.26. The van der Waals surface area contributed by atoms with E-state index in [2.05, 4.69) is 19.8 Å². The topological polar surface area (TPSA) is 107 Å². The Balaban J connectivity index is 1.34. The average Bonchev–Trinajstić information content (AvgIpc) is 3.48. The van der Waals surface area contributed by atoms with Crippen LogP contribution in [0.1, 0.15) is 48.0 Å². The lowest BCUT2D eigenvalue weighted by atomic mass is 10.1. The van der Waals surface area contributed by atoms with Gasteiger partial charge in [0.2, 0.25) is 0 Å². The van der Waals surface area contributed by atoms with Crippen molar-refractivity contribution in [2.45, 2.75) is 51.0 Å². The molecule has 10 heteroatoms. The van der Waals surface area contributed by atoms with E-state index in [9.17, 15) is 17.6 Å². The molecule has 0 spiro atoms. The van der Waals surface area contributed by atoms with Gasteiger partial charge in [-0.15, -0.1) is 0 Å². The molecule has 0 amide bonds. The minimum absolute atomic E-state index is 0.00852. The van der Waals surface area contributed by atoms with Crippen molar-refractivity contribution in [3.63, 3.8) is 0 Å². The van der Waals surface area contributed by atoms with Crippen LogP contribution in [0, 0.1) is 12.7 Å². The predicted octanol–water partition coefficient (Wildman–Crippen LogP) is 4.43. The van der Waals surface area contributed by atoms with Crippen LogP contribution in [0.4, 0.5) is 10.1 Å². The van der Waals surface area contributed by atoms with Crippen LogP contribution in [0.2, 0.25) is 0 Å². The van der Waals surface area contributed by atoms with Gasteiger partial charge in [-0.3, -0.25) is 14.2 Å². The summed E-state index contributed by atoms with van der Waals surface area (Å²) in [5.41, 5.74) is 4.50.